The Morgan fingerprint density at radius 3 is 2.45 bits per heavy atom. The molecule has 1 aliphatic heterocycles. The van der Waals surface area contributed by atoms with E-state index in [2.05, 4.69) is 6.92 Å². The van der Waals surface area contributed by atoms with Crippen LogP contribution in [0.3, 0.4) is 0 Å². The third-order valence-corrected chi connectivity index (χ3v) is 3.70. The summed E-state index contributed by atoms with van der Waals surface area (Å²) in [4.78, 5) is 27.4. The van der Waals surface area contributed by atoms with E-state index in [-0.39, 0.29) is 24.4 Å². The Morgan fingerprint density at radius 2 is 1.95 bits per heavy atom. The number of nitrogens with zero attached hydrogens (tertiary/aromatic N) is 2. The van der Waals surface area contributed by atoms with Crippen LogP contribution >= 0.6 is 0 Å². The van der Waals surface area contributed by atoms with Crippen molar-refractivity contribution in [1.29, 1.82) is 0 Å². The number of aliphatic hydroxyl groups excluding tert-OH is 1. The van der Waals surface area contributed by atoms with Crippen molar-refractivity contribution in [2.75, 3.05) is 46.4 Å². The molecule has 1 amide bonds. The van der Waals surface area contributed by atoms with E-state index in [1.54, 1.807) is 4.90 Å². The third-order valence-electron chi connectivity index (χ3n) is 3.70. The van der Waals surface area contributed by atoms with E-state index in [0.717, 1.165) is 13.0 Å². The number of hydrogen-bond acceptors (Lipinski definition) is 5. The first-order valence-electron chi connectivity index (χ1n) is 7.31. The van der Waals surface area contributed by atoms with Gasteiger partial charge in [0.15, 0.2) is 0 Å². The molecular formula is C14H26N2O4. The van der Waals surface area contributed by atoms with Crippen LogP contribution in [0, 0.1) is 5.92 Å². The van der Waals surface area contributed by atoms with Gasteiger partial charge in [-0.2, -0.15) is 0 Å². The van der Waals surface area contributed by atoms with Gasteiger partial charge in [0.2, 0.25) is 5.91 Å². The number of hydrogen-bond donors (Lipinski definition) is 1. The van der Waals surface area contributed by atoms with Crippen molar-refractivity contribution in [3.8, 4) is 0 Å². The van der Waals surface area contributed by atoms with Crippen molar-refractivity contribution in [2.24, 2.45) is 5.92 Å². The number of rotatable bonds is 7. The smallest absolute Gasteiger partial charge is 0.308 e. The number of amides is 1. The predicted molar refractivity (Wildman–Crippen MR) is 75.1 cm³/mol. The summed E-state index contributed by atoms with van der Waals surface area (Å²) in [6.07, 6.45) is 2.30. The van der Waals surface area contributed by atoms with Crippen LogP contribution in [0.25, 0.3) is 0 Å². The molecule has 0 aromatic carbocycles. The molecule has 0 aromatic heterocycles. The minimum absolute atomic E-state index is 0.0672. The summed E-state index contributed by atoms with van der Waals surface area (Å²) in [6.45, 7) is 5.02. The van der Waals surface area contributed by atoms with Crippen molar-refractivity contribution in [3.05, 3.63) is 0 Å². The van der Waals surface area contributed by atoms with Crippen LogP contribution in [0.5, 0.6) is 0 Å². The molecule has 0 saturated carbocycles. The molecule has 0 spiro atoms. The molecule has 20 heavy (non-hydrogen) atoms. The van der Waals surface area contributed by atoms with Crippen molar-refractivity contribution in [3.63, 3.8) is 0 Å². The highest BCUT2D eigenvalue weighted by molar-refractivity contribution is 5.79. The van der Waals surface area contributed by atoms with Crippen LogP contribution in [0.2, 0.25) is 0 Å². The van der Waals surface area contributed by atoms with Gasteiger partial charge in [-0.3, -0.25) is 14.5 Å². The number of ether oxygens (including phenoxy) is 1. The lowest BCUT2D eigenvalue weighted by Gasteiger charge is -2.32. The molecule has 0 aromatic rings. The minimum Gasteiger partial charge on any atom is -0.469 e. The van der Waals surface area contributed by atoms with Gasteiger partial charge in [0, 0.05) is 19.6 Å². The van der Waals surface area contributed by atoms with Crippen LogP contribution in [-0.4, -0.2) is 73.2 Å². The average molecular weight is 286 g/mol. The standard InChI is InChI=1S/C14H26N2O4/c1-3-6-15(9-10-17)11-13(18)16-7-4-12(5-8-16)14(19)20-2/h12,17H,3-11H2,1-2H3. The van der Waals surface area contributed by atoms with Gasteiger partial charge in [-0.1, -0.05) is 6.92 Å². The van der Waals surface area contributed by atoms with E-state index in [1.165, 1.54) is 7.11 Å². The monoisotopic (exact) mass is 286 g/mol. The third kappa shape index (κ3) is 5.09. The quantitative estimate of drug-likeness (QED) is 0.672. The highest BCUT2D eigenvalue weighted by Crippen LogP contribution is 2.18. The van der Waals surface area contributed by atoms with Crippen molar-refractivity contribution in [1.82, 2.24) is 9.80 Å². The number of carbonyl (C=O) groups is 2. The first kappa shape index (κ1) is 16.9. The lowest BCUT2D eigenvalue weighted by molar-refractivity contribution is -0.149. The topological polar surface area (TPSA) is 70.1 Å². The van der Waals surface area contributed by atoms with E-state index in [0.29, 0.717) is 39.0 Å². The molecule has 1 rings (SSSR count). The zero-order valence-electron chi connectivity index (χ0n) is 12.5. The fourth-order valence-corrected chi connectivity index (χ4v) is 2.55. The van der Waals surface area contributed by atoms with E-state index < -0.39 is 0 Å². The Balaban J connectivity index is 2.39. The first-order valence-corrected chi connectivity index (χ1v) is 7.31. The van der Waals surface area contributed by atoms with E-state index >= 15 is 0 Å². The molecule has 1 N–H and O–H groups in total. The molecule has 0 radical (unpaired) electrons. The van der Waals surface area contributed by atoms with Gasteiger partial charge in [0.25, 0.3) is 0 Å². The summed E-state index contributed by atoms with van der Waals surface area (Å²) in [7, 11) is 1.40. The van der Waals surface area contributed by atoms with Gasteiger partial charge in [-0.05, 0) is 25.8 Å². The summed E-state index contributed by atoms with van der Waals surface area (Å²) < 4.78 is 4.74. The predicted octanol–water partition coefficient (Wildman–Crippen LogP) is 0.102. The lowest BCUT2D eigenvalue weighted by Crippen LogP contribution is -2.45. The second kappa shape index (κ2) is 8.92. The number of aliphatic hydroxyl groups is 1. The summed E-state index contributed by atoms with van der Waals surface area (Å²) in [5, 5.41) is 8.99. The molecule has 1 fully saturated rings. The Labute approximate surface area is 120 Å². The Morgan fingerprint density at radius 1 is 1.30 bits per heavy atom. The molecule has 1 saturated heterocycles. The molecule has 0 atom stereocenters. The Bertz CT molecular complexity index is 308. The molecule has 6 nitrogen and oxygen atoms in total. The molecule has 0 aliphatic carbocycles. The Hall–Kier alpha value is -1.14. The summed E-state index contributed by atoms with van der Waals surface area (Å²) >= 11 is 0. The van der Waals surface area contributed by atoms with Gasteiger partial charge < -0.3 is 14.7 Å². The number of esters is 1. The van der Waals surface area contributed by atoms with Crippen LogP contribution < -0.4 is 0 Å². The molecule has 0 bridgehead atoms. The second-order valence-corrected chi connectivity index (χ2v) is 5.18. The van der Waals surface area contributed by atoms with E-state index in [4.69, 9.17) is 9.84 Å². The molecule has 1 heterocycles. The van der Waals surface area contributed by atoms with Crippen LogP contribution in [0.4, 0.5) is 0 Å². The van der Waals surface area contributed by atoms with Crippen molar-refractivity contribution >= 4 is 11.9 Å². The molecule has 1 aliphatic rings. The van der Waals surface area contributed by atoms with Gasteiger partial charge in [0.05, 0.1) is 26.2 Å². The maximum Gasteiger partial charge on any atom is 0.308 e. The van der Waals surface area contributed by atoms with Gasteiger partial charge in [-0.15, -0.1) is 0 Å². The first-order chi connectivity index (χ1) is 9.62. The van der Waals surface area contributed by atoms with E-state index in [9.17, 15) is 9.59 Å². The van der Waals surface area contributed by atoms with Crippen LogP contribution in [0.15, 0.2) is 0 Å². The lowest BCUT2D eigenvalue weighted by atomic mass is 9.97. The summed E-state index contributed by atoms with van der Waals surface area (Å²) in [6, 6.07) is 0. The van der Waals surface area contributed by atoms with Crippen LogP contribution in [0.1, 0.15) is 26.2 Å². The average Bonchev–Trinajstić information content (AvgIpc) is 2.47. The molecule has 116 valence electrons. The zero-order chi connectivity index (χ0) is 15.0. The van der Waals surface area contributed by atoms with E-state index in [1.807, 2.05) is 4.90 Å². The number of piperidine rings is 1. The van der Waals surface area contributed by atoms with Gasteiger partial charge in [0.1, 0.15) is 0 Å². The number of carbonyl (C=O) groups excluding carboxylic acids is 2. The zero-order valence-corrected chi connectivity index (χ0v) is 12.5. The summed E-state index contributed by atoms with van der Waals surface area (Å²) in [5.41, 5.74) is 0. The van der Waals surface area contributed by atoms with Gasteiger partial charge in [-0.25, -0.2) is 0 Å². The normalized spacial score (nSPS) is 16.5. The van der Waals surface area contributed by atoms with Crippen molar-refractivity contribution < 1.29 is 19.4 Å². The molecule has 6 heteroatoms. The number of methoxy groups -OCH3 is 1. The maximum atomic E-state index is 12.2. The summed E-state index contributed by atoms with van der Waals surface area (Å²) in [5.74, 6) is -0.173. The minimum atomic E-state index is -0.176. The fraction of sp³-hybridized carbons (Fsp3) is 0.857. The highest BCUT2D eigenvalue weighted by Gasteiger charge is 2.28. The van der Waals surface area contributed by atoms with Crippen LogP contribution in [-0.2, 0) is 14.3 Å². The fourth-order valence-electron chi connectivity index (χ4n) is 2.55. The second-order valence-electron chi connectivity index (χ2n) is 5.18. The number of likely N-dealkylation sites (tertiary alicyclic amines) is 1. The molecular weight excluding hydrogens is 260 g/mol. The molecule has 0 unspecified atom stereocenters. The Kier molecular flexibility index (Phi) is 7.54. The largest absolute Gasteiger partial charge is 0.469 e. The van der Waals surface area contributed by atoms with Crippen molar-refractivity contribution in [2.45, 2.75) is 26.2 Å². The SMILES string of the molecule is CCCN(CCO)CC(=O)N1CCC(C(=O)OC)CC1. The maximum absolute atomic E-state index is 12.2. The van der Waals surface area contributed by atoms with Gasteiger partial charge >= 0.3 is 5.97 Å². The highest BCUT2D eigenvalue weighted by atomic mass is 16.5.